The maximum atomic E-state index is 13.7. The highest BCUT2D eigenvalue weighted by Gasteiger charge is 2.39. The SMILES string of the molecule is COc1ccc(C(NC(=O)C2CCCS2(=O)=O)C(=O)O)cc1F. The van der Waals surface area contributed by atoms with E-state index in [1.54, 1.807) is 0 Å². The van der Waals surface area contributed by atoms with Crippen LogP contribution in [0.1, 0.15) is 24.4 Å². The van der Waals surface area contributed by atoms with Gasteiger partial charge >= 0.3 is 5.97 Å². The number of methoxy groups -OCH3 is 1. The second-order valence-electron chi connectivity index (χ2n) is 5.17. The van der Waals surface area contributed by atoms with Gasteiger partial charge in [-0.25, -0.2) is 17.6 Å². The number of halogens is 1. The third-order valence-corrected chi connectivity index (χ3v) is 5.84. The molecule has 9 heteroatoms. The molecule has 2 rings (SSSR count). The Morgan fingerprint density at radius 2 is 2.13 bits per heavy atom. The van der Waals surface area contributed by atoms with Crippen LogP contribution >= 0.6 is 0 Å². The molecule has 2 unspecified atom stereocenters. The summed E-state index contributed by atoms with van der Waals surface area (Å²) in [6.45, 7) is 0. The predicted molar refractivity (Wildman–Crippen MR) is 78.3 cm³/mol. The van der Waals surface area contributed by atoms with E-state index in [1.807, 2.05) is 0 Å². The van der Waals surface area contributed by atoms with Crippen LogP contribution in [0.3, 0.4) is 0 Å². The zero-order valence-electron chi connectivity index (χ0n) is 12.3. The van der Waals surface area contributed by atoms with Crippen molar-refractivity contribution in [2.45, 2.75) is 24.1 Å². The molecule has 1 heterocycles. The van der Waals surface area contributed by atoms with Crippen molar-refractivity contribution in [3.63, 3.8) is 0 Å². The third-order valence-electron chi connectivity index (χ3n) is 3.66. The van der Waals surface area contributed by atoms with Gasteiger partial charge in [0.2, 0.25) is 5.91 Å². The smallest absolute Gasteiger partial charge is 0.330 e. The Bertz CT molecular complexity index is 733. The number of hydrogen-bond acceptors (Lipinski definition) is 5. The Kier molecular flexibility index (Phi) is 4.88. The van der Waals surface area contributed by atoms with Gasteiger partial charge in [-0.05, 0) is 30.5 Å². The number of benzene rings is 1. The molecule has 1 fully saturated rings. The highest BCUT2D eigenvalue weighted by molar-refractivity contribution is 7.93. The molecule has 1 aromatic carbocycles. The molecular formula is C14H16FNO6S. The van der Waals surface area contributed by atoms with Gasteiger partial charge in [-0.2, -0.15) is 0 Å². The first-order valence-corrected chi connectivity index (χ1v) is 8.56. The minimum absolute atomic E-state index is 0.0143. The van der Waals surface area contributed by atoms with Crippen molar-refractivity contribution in [1.29, 1.82) is 0 Å². The lowest BCUT2D eigenvalue weighted by Gasteiger charge is -2.18. The maximum absolute atomic E-state index is 13.7. The van der Waals surface area contributed by atoms with Crippen molar-refractivity contribution in [3.05, 3.63) is 29.6 Å². The molecule has 1 amide bonds. The van der Waals surface area contributed by atoms with Gasteiger partial charge < -0.3 is 15.2 Å². The molecule has 2 N–H and O–H groups in total. The van der Waals surface area contributed by atoms with Crippen molar-refractivity contribution in [3.8, 4) is 5.75 Å². The zero-order valence-corrected chi connectivity index (χ0v) is 13.1. The standard InChI is InChI=1S/C14H16FNO6S/c1-22-10-5-4-8(7-9(10)15)12(14(18)19)16-13(17)11-3-2-6-23(11,20)21/h4-5,7,11-12H,2-3,6H2,1H3,(H,16,17)(H,18,19). The van der Waals surface area contributed by atoms with Gasteiger partial charge in [0.15, 0.2) is 27.4 Å². The van der Waals surface area contributed by atoms with E-state index in [-0.39, 0.29) is 23.5 Å². The van der Waals surface area contributed by atoms with Crippen molar-refractivity contribution >= 4 is 21.7 Å². The molecule has 1 aromatic rings. The molecule has 126 valence electrons. The van der Waals surface area contributed by atoms with Crippen molar-refractivity contribution < 1.29 is 32.2 Å². The quantitative estimate of drug-likeness (QED) is 0.811. The van der Waals surface area contributed by atoms with E-state index in [4.69, 9.17) is 4.74 Å². The summed E-state index contributed by atoms with van der Waals surface area (Å²) in [5.74, 6) is -3.24. The molecule has 0 radical (unpaired) electrons. The first kappa shape index (κ1) is 17.2. The number of rotatable bonds is 5. The van der Waals surface area contributed by atoms with Gasteiger partial charge in [0, 0.05) is 0 Å². The molecule has 0 saturated carbocycles. The lowest BCUT2D eigenvalue weighted by Crippen LogP contribution is -2.42. The molecule has 1 aliphatic rings. The summed E-state index contributed by atoms with van der Waals surface area (Å²) in [4.78, 5) is 23.4. The van der Waals surface area contributed by atoms with E-state index < -0.39 is 38.8 Å². The van der Waals surface area contributed by atoms with Crippen molar-refractivity contribution in [2.24, 2.45) is 0 Å². The third kappa shape index (κ3) is 3.61. The molecule has 0 bridgehead atoms. The number of hydrogen-bond donors (Lipinski definition) is 2. The highest BCUT2D eigenvalue weighted by atomic mass is 32.2. The van der Waals surface area contributed by atoms with E-state index in [2.05, 4.69) is 5.32 Å². The van der Waals surface area contributed by atoms with Crippen LogP contribution in [-0.4, -0.2) is 43.5 Å². The monoisotopic (exact) mass is 345 g/mol. The number of aliphatic carboxylic acids is 1. The average Bonchev–Trinajstić information content (AvgIpc) is 2.83. The fourth-order valence-electron chi connectivity index (χ4n) is 2.47. The Hall–Kier alpha value is -2.16. The number of carboxylic acid groups (broad SMARTS) is 1. The van der Waals surface area contributed by atoms with Crippen LogP contribution in [0, 0.1) is 5.82 Å². The maximum Gasteiger partial charge on any atom is 0.330 e. The Morgan fingerprint density at radius 1 is 1.43 bits per heavy atom. The fraction of sp³-hybridized carbons (Fsp3) is 0.429. The normalized spacial score (nSPS) is 20.7. The minimum Gasteiger partial charge on any atom is -0.494 e. The molecule has 7 nitrogen and oxygen atoms in total. The second kappa shape index (κ2) is 6.53. The molecule has 2 atom stereocenters. The summed E-state index contributed by atoms with van der Waals surface area (Å²) in [5, 5.41) is 10.2. The van der Waals surface area contributed by atoms with Gasteiger partial charge in [-0.15, -0.1) is 0 Å². The summed E-state index contributed by atoms with van der Waals surface area (Å²) >= 11 is 0. The molecule has 0 aromatic heterocycles. The number of sulfone groups is 1. The molecule has 0 spiro atoms. The van der Waals surface area contributed by atoms with Crippen LogP contribution in [0.5, 0.6) is 5.75 Å². The summed E-state index contributed by atoms with van der Waals surface area (Å²) in [5.41, 5.74) is -0.0143. The zero-order chi connectivity index (χ0) is 17.2. The Morgan fingerprint density at radius 3 is 2.61 bits per heavy atom. The largest absolute Gasteiger partial charge is 0.494 e. The van der Waals surface area contributed by atoms with Crippen LogP contribution < -0.4 is 10.1 Å². The second-order valence-corrected chi connectivity index (χ2v) is 7.47. The molecular weight excluding hydrogens is 329 g/mol. The first-order chi connectivity index (χ1) is 10.8. The van der Waals surface area contributed by atoms with Crippen LogP contribution in [0.15, 0.2) is 18.2 Å². The van der Waals surface area contributed by atoms with Crippen LogP contribution in [0.4, 0.5) is 4.39 Å². The Balaban J connectivity index is 2.24. The van der Waals surface area contributed by atoms with E-state index >= 15 is 0 Å². The topological polar surface area (TPSA) is 110 Å². The van der Waals surface area contributed by atoms with Crippen molar-refractivity contribution in [2.75, 3.05) is 12.9 Å². The summed E-state index contributed by atoms with van der Waals surface area (Å²) < 4.78 is 41.9. The average molecular weight is 345 g/mol. The van der Waals surface area contributed by atoms with Gasteiger partial charge in [0.25, 0.3) is 0 Å². The summed E-state index contributed by atoms with van der Waals surface area (Å²) in [6, 6.07) is 1.92. The van der Waals surface area contributed by atoms with Crippen LogP contribution in [0.25, 0.3) is 0 Å². The molecule has 23 heavy (non-hydrogen) atoms. The lowest BCUT2D eigenvalue weighted by molar-refractivity contribution is -0.142. The van der Waals surface area contributed by atoms with E-state index in [9.17, 15) is 27.5 Å². The van der Waals surface area contributed by atoms with Gasteiger partial charge in [-0.1, -0.05) is 6.07 Å². The first-order valence-electron chi connectivity index (χ1n) is 6.84. The van der Waals surface area contributed by atoms with Gasteiger partial charge in [-0.3, -0.25) is 4.79 Å². The number of ether oxygens (including phenoxy) is 1. The summed E-state index contributed by atoms with van der Waals surface area (Å²) in [7, 11) is -2.29. The van der Waals surface area contributed by atoms with Crippen molar-refractivity contribution in [1.82, 2.24) is 5.32 Å². The number of nitrogens with one attached hydrogen (secondary N) is 1. The lowest BCUT2D eigenvalue weighted by atomic mass is 10.1. The fourth-order valence-corrected chi connectivity index (χ4v) is 4.24. The highest BCUT2D eigenvalue weighted by Crippen LogP contribution is 2.24. The summed E-state index contributed by atoms with van der Waals surface area (Å²) in [6.07, 6.45) is 0.507. The van der Waals surface area contributed by atoms with Gasteiger partial charge in [0.1, 0.15) is 5.25 Å². The number of carboxylic acids is 1. The van der Waals surface area contributed by atoms with Crippen LogP contribution in [-0.2, 0) is 19.4 Å². The van der Waals surface area contributed by atoms with Gasteiger partial charge in [0.05, 0.1) is 12.9 Å². The van der Waals surface area contributed by atoms with E-state index in [1.165, 1.54) is 19.2 Å². The Labute approximate surface area is 132 Å². The minimum atomic E-state index is -3.56. The van der Waals surface area contributed by atoms with E-state index in [0.717, 1.165) is 6.07 Å². The molecule has 1 aliphatic heterocycles. The number of amides is 1. The number of carbonyl (C=O) groups is 2. The van der Waals surface area contributed by atoms with E-state index in [0.29, 0.717) is 6.42 Å². The molecule has 0 aliphatic carbocycles. The number of carbonyl (C=O) groups excluding carboxylic acids is 1. The predicted octanol–water partition coefficient (Wildman–Crippen LogP) is 0.653. The van der Waals surface area contributed by atoms with Crippen LogP contribution in [0.2, 0.25) is 0 Å². The molecule has 1 saturated heterocycles.